The van der Waals surface area contributed by atoms with Crippen LogP contribution in [0.4, 0.5) is 0 Å². The van der Waals surface area contributed by atoms with Crippen molar-refractivity contribution < 1.29 is 18.8 Å². The molecule has 0 bridgehead atoms. The van der Waals surface area contributed by atoms with Gasteiger partial charge in [-0.3, -0.25) is 4.79 Å². The van der Waals surface area contributed by atoms with E-state index in [-0.39, 0.29) is 18.6 Å². The predicted octanol–water partition coefficient (Wildman–Crippen LogP) is 2.27. The molecule has 0 aliphatic carbocycles. The number of carbonyl (C=O) groups is 1. The van der Waals surface area contributed by atoms with Crippen LogP contribution in [0.25, 0.3) is 0 Å². The molecule has 1 saturated heterocycles. The monoisotopic (exact) mass is 337 g/mol. The highest BCUT2D eigenvalue weighted by Crippen LogP contribution is 2.31. The Morgan fingerprint density at radius 3 is 3.22 bits per heavy atom. The summed E-state index contributed by atoms with van der Waals surface area (Å²) in [6, 6.07) is 1.71. The zero-order valence-electron chi connectivity index (χ0n) is 12.9. The first-order valence-electron chi connectivity index (χ1n) is 7.52. The van der Waals surface area contributed by atoms with E-state index in [4.69, 9.17) is 14.0 Å². The Bertz CT molecular complexity index is 628. The molecule has 3 rings (SSSR count). The largest absolute Gasteiger partial charge is 0.382 e. The zero-order valence-corrected chi connectivity index (χ0v) is 13.8. The number of amides is 1. The van der Waals surface area contributed by atoms with E-state index in [2.05, 4.69) is 10.1 Å². The zero-order chi connectivity index (χ0) is 16.1. The minimum atomic E-state index is -0.126. The molecule has 1 amide bonds. The van der Waals surface area contributed by atoms with Crippen molar-refractivity contribution in [3.63, 3.8) is 0 Å². The lowest BCUT2D eigenvalue weighted by molar-refractivity contribution is 0.0494. The van der Waals surface area contributed by atoms with Gasteiger partial charge in [0, 0.05) is 19.0 Å². The highest BCUT2D eigenvalue weighted by atomic mass is 32.1. The fourth-order valence-electron chi connectivity index (χ4n) is 2.59. The number of hydrogen-bond acceptors (Lipinski definition) is 7. The Kier molecular flexibility index (Phi) is 5.37. The molecule has 7 nitrogen and oxygen atoms in total. The molecule has 124 valence electrons. The van der Waals surface area contributed by atoms with Crippen molar-refractivity contribution in [3.8, 4) is 0 Å². The van der Waals surface area contributed by atoms with E-state index in [1.54, 1.807) is 7.11 Å². The molecule has 1 unspecified atom stereocenters. The van der Waals surface area contributed by atoms with E-state index in [1.807, 2.05) is 21.7 Å². The third-order valence-corrected chi connectivity index (χ3v) is 4.40. The van der Waals surface area contributed by atoms with Gasteiger partial charge >= 0.3 is 0 Å². The van der Waals surface area contributed by atoms with Crippen LogP contribution in [0, 0.1) is 0 Å². The maximum Gasteiger partial charge on any atom is 0.255 e. The maximum atomic E-state index is 12.6. The number of thiophene rings is 1. The average molecular weight is 337 g/mol. The molecule has 1 fully saturated rings. The Hall–Kier alpha value is -1.77. The summed E-state index contributed by atoms with van der Waals surface area (Å²) < 4.78 is 15.5. The van der Waals surface area contributed by atoms with E-state index >= 15 is 0 Å². The van der Waals surface area contributed by atoms with Gasteiger partial charge in [0.25, 0.3) is 11.8 Å². The minimum absolute atomic E-state index is 0.0245. The van der Waals surface area contributed by atoms with Gasteiger partial charge in [-0.1, -0.05) is 5.16 Å². The minimum Gasteiger partial charge on any atom is -0.382 e. The number of methoxy groups -OCH3 is 1. The van der Waals surface area contributed by atoms with Crippen LogP contribution in [0.3, 0.4) is 0 Å². The molecular weight excluding hydrogens is 318 g/mol. The van der Waals surface area contributed by atoms with E-state index in [0.29, 0.717) is 37.0 Å². The Balaban J connectivity index is 1.64. The summed E-state index contributed by atoms with van der Waals surface area (Å²) in [4.78, 5) is 18.7. The highest BCUT2D eigenvalue weighted by Gasteiger charge is 2.34. The standard InChI is InChI=1S/C15H19N3O4S/c1-20-6-7-21-9-13-16-14(17-22-13)12-3-2-5-18(12)15(19)11-4-8-23-10-11/h4,8,10,12H,2-3,5-7,9H2,1H3. The summed E-state index contributed by atoms with van der Waals surface area (Å²) in [6.45, 7) is 1.96. The van der Waals surface area contributed by atoms with Crippen molar-refractivity contribution in [1.82, 2.24) is 15.0 Å². The molecule has 1 aliphatic heterocycles. The average Bonchev–Trinajstić information content (AvgIpc) is 3.31. The molecule has 0 aromatic carbocycles. The summed E-state index contributed by atoms with van der Waals surface area (Å²) in [5.41, 5.74) is 0.716. The fraction of sp³-hybridized carbons (Fsp3) is 0.533. The number of hydrogen-bond donors (Lipinski definition) is 0. The van der Waals surface area contributed by atoms with Gasteiger partial charge in [-0.2, -0.15) is 16.3 Å². The van der Waals surface area contributed by atoms with Crippen molar-refractivity contribution in [1.29, 1.82) is 0 Å². The van der Waals surface area contributed by atoms with Crippen molar-refractivity contribution in [2.24, 2.45) is 0 Å². The van der Waals surface area contributed by atoms with Crippen LogP contribution in [0.1, 0.15) is 41.0 Å². The number of aromatic nitrogens is 2. The van der Waals surface area contributed by atoms with E-state index in [0.717, 1.165) is 12.8 Å². The molecule has 0 saturated carbocycles. The van der Waals surface area contributed by atoms with E-state index < -0.39 is 0 Å². The molecule has 23 heavy (non-hydrogen) atoms. The number of likely N-dealkylation sites (tertiary alicyclic amines) is 1. The molecule has 0 N–H and O–H groups in total. The lowest BCUT2D eigenvalue weighted by Gasteiger charge is -2.21. The van der Waals surface area contributed by atoms with Gasteiger partial charge < -0.3 is 18.9 Å². The second-order valence-electron chi connectivity index (χ2n) is 5.26. The van der Waals surface area contributed by atoms with Crippen molar-refractivity contribution in [2.75, 3.05) is 26.9 Å². The number of carbonyl (C=O) groups excluding carboxylic acids is 1. The van der Waals surface area contributed by atoms with Crippen LogP contribution in [-0.4, -0.2) is 47.8 Å². The summed E-state index contributed by atoms with van der Waals surface area (Å²) in [7, 11) is 1.62. The van der Waals surface area contributed by atoms with E-state index in [9.17, 15) is 4.79 Å². The van der Waals surface area contributed by atoms with Gasteiger partial charge in [-0.05, 0) is 24.3 Å². The van der Waals surface area contributed by atoms with Gasteiger partial charge in [0.15, 0.2) is 5.82 Å². The number of rotatable bonds is 7. The fourth-order valence-corrected chi connectivity index (χ4v) is 3.22. The van der Waals surface area contributed by atoms with Gasteiger partial charge in [0.1, 0.15) is 6.61 Å². The first kappa shape index (κ1) is 16.1. The topological polar surface area (TPSA) is 77.7 Å². The summed E-state index contributed by atoms with van der Waals surface area (Å²) in [6.07, 6.45) is 1.79. The molecule has 2 aromatic rings. The SMILES string of the molecule is COCCOCc1nc(C2CCCN2C(=O)c2ccsc2)no1. The Morgan fingerprint density at radius 2 is 2.43 bits per heavy atom. The molecule has 2 aromatic heterocycles. The van der Waals surface area contributed by atoms with Crippen molar-refractivity contribution in [2.45, 2.75) is 25.5 Å². The smallest absolute Gasteiger partial charge is 0.255 e. The Morgan fingerprint density at radius 1 is 1.52 bits per heavy atom. The number of nitrogens with zero attached hydrogens (tertiary/aromatic N) is 3. The summed E-state index contributed by atoms with van der Waals surface area (Å²) in [5.74, 6) is 0.999. The first-order valence-corrected chi connectivity index (χ1v) is 8.46. The third kappa shape index (κ3) is 3.77. The summed E-state index contributed by atoms with van der Waals surface area (Å²) >= 11 is 1.52. The molecule has 1 aliphatic rings. The van der Waals surface area contributed by atoms with Crippen molar-refractivity contribution in [3.05, 3.63) is 34.1 Å². The summed E-state index contributed by atoms with van der Waals surface area (Å²) in [5, 5.41) is 7.79. The van der Waals surface area contributed by atoms with Crippen LogP contribution >= 0.6 is 11.3 Å². The third-order valence-electron chi connectivity index (χ3n) is 3.72. The van der Waals surface area contributed by atoms with Crippen LogP contribution < -0.4 is 0 Å². The molecular formula is C15H19N3O4S. The molecule has 1 atom stereocenters. The van der Waals surface area contributed by atoms with Crippen LogP contribution in [0.15, 0.2) is 21.3 Å². The molecule has 0 radical (unpaired) electrons. The van der Waals surface area contributed by atoms with E-state index in [1.165, 1.54) is 11.3 Å². The Labute approximate surface area is 138 Å². The van der Waals surface area contributed by atoms with Crippen LogP contribution in [0.2, 0.25) is 0 Å². The van der Waals surface area contributed by atoms with Crippen LogP contribution in [-0.2, 0) is 16.1 Å². The van der Waals surface area contributed by atoms with Gasteiger partial charge in [0.2, 0.25) is 0 Å². The molecule has 8 heteroatoms. The molecule has 3 heterocycles. The maximum absolute atomic E-state index is 12.6. The second kappa shape index (κ2) is 7.67. The predicted molar refractivity (Wildman–Crippen MR) is 83.2 cm³/mol. The quantitative estimate of drug-likeness (QED) is 0.721. The molecule has 0 spiro atoms. The van der Waals surface area contributed by atoms with Gasteiger partial charge in [-0.25, -0.2) is 0 Å². The second-order valence-corrected chi connectivity index (χ2v) is 6.04. The number of ether oxygens (including phenoxy) is 2. The lowest BCUT2D eigenvalue weighted by Crippen LogP contribution is -2.30. The first-order chi connectivity index (χ1) is 11.3. The van der Waals surface area contributed by atoms with Gasteiger partial charge in [-0.15, -0.1) is 0 Å². The normalized spacial score (nSPS) is 17.8. The van der Waals surface area contributed by atoms with Crippen molar-refractivity contribution >= 4 is 17.2 Å². The lowest BCUT2D eigenvalue weighted by atomic mass is 10.2. The van der Waals surface area contributed by atoms with Crippen LogP contribution in [0.5, 0.6) is 0 Å². The van der Waals surface area contributed by atoms with Gasteiger partial charge in [0.05, 0.1) is 24.8 Å². The highest BCUT2D eigenvalue weighted by molar-refractivity contribution is 7.08.